The summed E-state index contributed by atoms with van der Waals surface area (Å²) >= 11 is 1.56. The van der Waals surface area contributed by atoms with E-state index in [-0.39, 0.29) is 0 Å². The van der Waals surface area contributed by atoms with Crippen LogP contribution >= 0.6 is 11.3 Å². The van der Waals surface area contributed by atoms with Crippen LogP contribution in [0.3, 0.4) is 0 Å². The molecule has 17 heavy (non-hydrogen) atoms. The second kappa shape index (κ2) is 5.89. The number of aromatic nitrogens is 2. The molecule has 2 aromatic rings. The van der Waals surface area contributed by atoms with Crippen molar-refractivity contribution in [1.82, 2.24) is 10.2 Å². The van der Waals surface area contributed by atoms with Crippen LogP contribution in [0.15, 0.2) is 24.3 Å². The Labute approximate surface area is 106 Å². The van der Waals surface area contributed by atoms with E-state index in [1.54, 1.807) is 11.3 Å². The van der Waals surface area contributed by atoms with E-state index in [4.69, 9.17) is 5.73 Å². The number of hydrogen-bond donors (Lipinski definition) is 1. The fourth-order valence-corrected chi connectivity index (χ4v) is 2.37. The number of unbranched alkanes of at least 4 members (excludes halogenated alkanes) is 1. The molecule has 0 unspecified atom stereocenters. The molecule has 90 valence electrons. The van der Waals surface area contributed by atoms with Crippen LogP contribution in [0.1, 0.15) is 30.3 Å². The highest BCUT2D eigenvalue weighted by Gasteiger charge is 2.05. The molecule has 0 saturated carbocycles. The van der Waals surface area contributed by atoms with Crippen molar-refractivity contribution in [2.24, 2.45) is 5.73 Å². The first kappa shape index (κ1) is 12.2. The van der Waals surface area contributed by atoms with Crippen LogP contribution in [0.2, 0.25) is 0 Å². The Hall–Kier alpha value is -1.26. The van der Waals surface area contributed by atoms with Crippen LogP contribution in [0.5, 0.6) is 0 Å². The summed E-state index contributed by atoms with van der Waals surface area (Å²) in [5.74, 6) is 0. The molecule has 0 radical (unpaired) electrons. The predicted molar refractivity (Wildman–Crippen MR) is 71.8 cm³/mol. The molecule has 0 atom stereocenters. The molecule has 3 nitrogen and oxygen atoms in total. The zero-order valence-electron chi connectivity index (χ0n) is 10.0. The maximum Gasteiger partial charge on any atom is 0.147 e. The van der Waals surface area contributed by atoms with Crippen LogP contribution in [0.4, 0.5) is 0 Å². The molecule has 0 spiro atoms. The largest absolute Gasteiger partial charge is 0.324 e. The third kappa shape index (κ3) is 3.11. The fourth-order valence-electron chi connectivity index (χ4n) is 1.65. The van der Waals surface area contributed by atoms with E-state index < -0.39 is 0 Å². The molecule has 1 aromatic heterocycles. The first-order valence-electron chi connectivity index (χ1n) is 5.95. The standard InChI is InChI=1S/C13H17N3S/c1-2-3-4-10-5-7-11(8-6-10)13-16-15-12(9-14)17-13/h5-8H,2-4,9,14H2,1H3. The number of benzene rings is 1. The van der Waals surface area contributed by atoms with E-state index in [1.807, 2.05) is 0 Å². The average molecular weight is 247 g/mol. The maximum atomic E-state index is 5.53. The Morgan fingerprint density at radius 2 is 1.94 bits per heavy atom. The Balaban J connectivity index is 2.11. The first-order chi connectivity index (χ1) is 8.33. The van der Waals surface area contributed by atoms with E-state index in [9.17, 15) is 0 Å². The zero-order chi connectivity index (χ0) is 12.1. The predicted octanol–water partition coefficient (Wildman–Crippen LogP) is 3.01. The molecule has 1 heterocycles. The number of aryl methyl sites for hydroxylation is 1. The minimum absolute atomic E-state index is 0.465. The van der Waals surface area contributed by atoms with Gasteiger partial charge in [-0.25, -0.2) is 0 Å². The number of nitrogens with zero attached hydrogens (tertiary/aromatic N) is 2. The molecule has 0 saturated heterocycles. The molecule has 0 amide bonds. The SMILES string of the molecule is CCCCc1ccc(-c2nnc(CN)s2)cc1. The van der Waals surface area contributed by atoms with Gasteiger partial charge in [-0.05, 0) is 18.4 Å². The van der Waals surface area contributed by atoms with E-state index in [0.29, 0.717) is 6.54 Å². The Bertz CT molecular complexity index is 462. The summed E-state index contributed by atoms with van der Waals surface area (Å²) in [6, 6.07) is 8.58. The molecule has 2 N–H and O–H groups in total. The van der Waals surface area contributed by atoms with Crippen molar-refractivity contribution >= 4 is 11.3 Å². The van der Waals surface area contributed by atoms with Gasteiger partial charge in [0.2, 0.25) is 0 Å². The lowest BCUT2D eigenvalue weighted by Crippen LogP contribution is -1.94. The lowest BCUT2D eigenvalue weighted by atomic mass is 10.1. The molecular formula is C13H17N3S. The van der Waals surface area contributed by atoms with Gasteiger partial charge in [-0.3, -0.25) is 0 Å². The van der Waals surface area contributed by atoms with Gasteiger partial charge in [0, 0.05) is 12.1 Å². The molecular weight excluding hydrogens is 230 g/mol. The van der Waals surface area contributed by atoms with Crippen molar-refractivity contribution in [1.29, 1.82) is 0 Å². The van der Waals surface area contributed by atoms with Crippen LogP contribution in [0, 0.1) is 0 Å². The topological polar surface area (TPSA) is 51.8 Å². The summed E-state index contributed by atoms with van der Waals surface area (Å²) in [6.45, 7) is 2.68. The summed E-state index contributed by atoms with van der Waals surface area (Å²) in [4.78, 5) is 0. The fraction of sp³-hybridized carbons (Fsp3) is 0.385. The summed E-state index contributed by atoms with van der Waals surface area (Å²) < 4.78 is 0. The zero-order valence-corrected chi connectivity index (χ0v) is 10.8. The number of nitrogens with two attached hydrogens (primary N) is 1. The Morgan fingerprint density at radius 1 is 1.18 bits per heavy atom. The third-order valence-electron chi connectivity index (χ3n) is 2.66. The molecule has 0 aliphatic carbocycles. The van der Waals surface area contributed by atoms with Crippen molar-refractivity contribution in [3.63, 3.8) is 0 Å². The minimum Gasteiger partial charge on any atom is -0.324 e. The summed E-state index contributed by atoms with van der Waals surface area (Å²) in [6.07, 6.45) is 3.63. The Morgan fingerprint density at radius 3 is 2.53 bits per heavy atom. The van der Waals surface area contributed by atoms with Gasteiger partial charge in [0.05, 0.1) is 0 Å². The Kier molecular flexibility index (Phi) is 4.23. The highest BCUT2D eigenvalue weighted by atomic mass is 32.1. The van der Waals surface area contributed by atoms with E-state index >= 15 is 0 Å². The molecule has 4 heteroatoms. The second-order valence-electron chi connectivity index (χ2n) is 4.01. The van der Waals surface area contributed by atoms with Gasteiger partial charge in [0.15, 0.2) is 0 Å². The van der Waals surface area contributed by atoms with Crippen molar-refractivity contribution in [2.45, 2.75) is 32.7 Å². The molecule has 0 bridgehead atoms. The van der Waals surface area contributed by atoms with Gasteiger partial charge in [-0.2, -0.15) is 0 Å². The molecule has 0 fully saturated rings. The van der Waals surface area contributed by atoms with Crippen molar-refractivity contribution in [2.75, 3.05) is 0 Å². The number of hydrogen-bond acceptors (Lipinski definition) is 4. The van der Waals surface area contributed by atoms with Crippen LogP contribution < -0.4 is 5.73 Å². The lowest BCUT2D eigenvalue weighted by molar-refractivity contribution is 0.795. The second-order valence-corrected chi connectivity index (χ2v) is 5.07. The molecule has 0 aliphatic heterocycles. The van der Waals surface area contributed by atoms with Gasteiger partial charge in [0.1, 0.15) is 10.0 Å². The van der Waals surface area contributed by atoms with Crippen LogP contribution in [-0.2, 0) is 13.0 Å². The van der Waals surface area contributed by atoms with Crippen LogP contribution in [-0.4, -0.2) is 10.2 Å². The van der Waals surface area contributed by atoms with Crippen molar-refractivity contribution in [3.05, 3.63) is 34.8 Å². The number of rotatable bonds is 5. The van der Waals surface area contributed by atoms with Crippen molar-refractivity contribution in [3.8, 4) is 10.6 Å². The highest BCUT2D eigenvalue weighted by Crippen LogP contribution is 2.23. The average Bonchev–Trinajstić information content (AvgIpc) is 2.86. The van der Waals surface area contributed by atoms with E-state index in [2.05, 4.69) is 41.4 Å². The normalized spacial score (nSPS) is 10.7. The van der Waals surface area contributed by atoms with Gasteiger partial charge < -0.3 is 5.73 Å². The summed E-state index contributed by atoms with van der Waals surface area (Å²) in [5.41, 5.74) is 8.04. The summed E-state index contributed by atoms with van der Waals surface area (Å²) in [5, 5.41) is 10.00. The maximum absolute atomic E-state index is 5.53. The lowest BCUT2D eigenvalue weighted by Gasteiger charge is -2.00. The minimum atomic E-state index is 0.465. The van der Waals surface area contributed by atoms with Gasteiger partial charge in [0.25, 0.3) is 0 Å². The molecule has 2 rings (SSSR count). The first-order valence-corrected chi connectivity index (χ1v) is 6.77. The molecule has 0 aliphatic rings. The van der Waals surface area contributed by atoms with Gasteiger partial charge in [-0.15, -0.1) is 10.2 Å². The van der Waals surface area contributed by atoms with Crippen LogP contribution in [0.25, 0.3) is 10.6 Å². The van der Waals surface area contributed by atoms with Gasteiger partial charge in [-0.1, -0.05) is 48.9 Å². The summed E-state index contributed by atoms with van der Waals surface area (Å²) in [7, 11) is 0. The van der Waals surface area contributed by atoms with E-state index in [1.165, 1.54) is 18.4 Å². The van der Waals surface area contributed by atoms with Crippen molar-refractivity contribution < 1.29 is 0 Å². The third-order valence-corrected chi connectivity index (χ3v) is 3.66. The monoisotopic (exact) mass is 247 g/mol. The smallest absolute Gasteiger partial charge is 0.147 e. The van der Waals surface area contributed by atoms with E-state index in [0.717, 1.165) is 22.0 Å². The quantitative estimate of drug-likeness (QED) is 0.883. The van der Waals surface area contributed by atoms with Gasteiger partial charge >= 0.3 is 0 Å². The molecule has 1 aromatic carbocycles. The highest BCUT2D eigenvalue weighted by molar-refractivity contribution is 7.14.